The van der Waals surface area contributed by atoms with E-state index < -0.39 is 0 Å². The molecule has 0 amide bonds. The number of benzene rings is 1. The van der Waals surface area contributed by atoms with Crippen LogP contribution in [0.1, 0.15) is 29.2 Å². The second-order valence-corrected chi connectivity index (χ2v) is 3.13. The van der Waals surface area contributed by atoms with Crippen LogP contribution in [0.5, 0.6) is 0 Å². The van der Waals surface area contributed by atoms with Crippen molar-refractivity contribution in [2.24, 2.45) is 0 Å². The summed E-state index contributed by atoms with van der Waals surface area (Å²) in [5, 5.41) is 36.5. The molecule has 4 nitrogen and oxygen atoms in total. The van der Waals surface area contributed by atoms with Crippen molar-refractivity contribution in [1.29, 1.82) is 21.0 Å². The van der Waals surface area contributed by atoms with Crippen molar-refractivity contribution in [3.63, 3.8) is 0 Å². The molecule has 0 saturated carbocycles. The Balaban J connectivity index is 4.25. The van der Waals surface area contributed by atoms with E-state index in [4.69, 9.17) is 21.0 Å². The topological polar surface area (TPSA) is 95.2 Å². The molecular formula is C13H6N4. The molecule has 0 aliphatic carbocycles. The first-order valence-corrected chi connectivity index (χ1v) is 4.61. The molecule has 0 aromatic heterocycles. The van der Waals surface area contributed by atoms with Gasteiger partial charge in [-0.1, -0.05) is 12.7 Å². The zero-order valence-corrected chi connectivity index (χ0v) is 9.07. The lowest BCUT2D eigenvalue weighted by Gasteiger charge is -2.02. The second-order valence-electron chi connectivity index (χ2n) is 3.13. The Bertz CT molecular complexity index is 700. The van der Waals surface area contributed by atoms with Gasteiger partial charge in [0, 0.05) is 10.4 Å². The number of nitrogens with zero attached hydrogens (tertiary/aromatic N) is 4. The Morgan fingerprint density at radius 3 is 1.41 bits per heavy atom. The van der Waals surface area contributed by atoms with E-state index in [2.05, 4.69) is 6.58 Å². The van der Waals surface area contributed by atoms with Crippen LogP contribution in [-0.2, 0) is 0 Å². The highest BCUT2D eigenvalue weighted by atomic mass is 14.3. The van der Waals surface area contributed by atoms with E-state index >= 15 is 0 Å². The van der Waals surface area contributed by atoms with Crippen molar-refractivity contribution >= 4 is 12.7 Å². The summed E-state index contributed by atoms with van der Waals surface area (Å²) in [6.45, 7) is 5.23. The lowest BCUT2D eigenvalue weighted by molar-refractivity contribution is 1.31. The quantitative estimate of drug-likeness (QED) is 0.629. The van der Waals surface area contributed by atoms with Gasteiger partial charge in [0.25, 0.3) is 0 Å². The summed E-state index contributed by atoms with van der Waals surface area (Å²) in [7, 11) is 0. The molecule has 0 unspecified atom stereocenters. The smallest absolute Gasteiger partial charge is 0.101 e. The third-order valence-corrected chi connectivity index (χ3v) is 2.38. The van der Waals surface area contributed by atoms with Crippen LogP contribution in [-0.4, -0.2) is 0 Å². The van der Waals surface area contributed by atoms with Gasteiger partial charge in [-0.2, -0.15) is 21.0 Å². The fourth-order valence-electron chi connectivity index (χ4n) is 1.59. The average Bonchev–Trinajstić information content (AvgIpc) is 2.36. The van der Waals surface area contributed by atoms with Crippen LogP contribution in [0.2, 0.25) is 0 Å². The molecule has 0 saturated heterocycles. The predicted molar refractivity (Wildman–Crippen MR) is 60.2 cm³/mol. The molecule has 0 heterocycles. The van der Waals surface area contributed by atoms with Crippen LogP contribution in [0.4, 0.5) is 0 Å². The van der Waals surface area contributed by atoms with Crippen molar-refractivity contribution in [2.45, 2.75) is 6.92 Å². The Morgan fingerprint density at radius 2 is 1.18 bits per heavy atom. The molecule has 0 N–H and O–H groups in total. The van der Waals surface area contributed by atoms with Gasteiger partial charge in [-0.05, 0) is 6.92 Å². The van der Waals surface area contributed by atoms with E-state index in [1.165, 1.54) is 6.08 Å². The maximum atomic E-state index is 9.03. The number of rotatable bonds is 0. The van der Waals surface area contributed by atoms with Gasteiger partial charge in [0.2, 0.25) is 0 Å². The van der Waals surface area contributed by atoms with Crippen LogP contribution in [0, 0.1) is 45.3 Å². The Kier molecular flexibility index (Phi) is 3.26. The molecule has 1 rings (SSSR count). The fourth-order valence-corrected chi connectivity index (χ4v) is 1.59. The molecule has 0 aliphatic rings. The largest absolute Gasteiger partial charge is 0.192 e. The van der Waals surface area contributed by atoms with Crippen molar-refractivity contribution in [2.75, 3.05) is 0 Å². The average molecular weight is 218 g/mol. The summed E-state index contributed by atoms with van der Waals surface area (Å²) in [4.78, 5) is 0. The van der Waals surface area contributed by atoms with Crippen molar-refractivity contribution in [1.82, 2.24) is 0 Å². The van der Waals surface area contributed by atoms with Gasteiger partial charge in [0.05, 0.1) is 22.3 Å². The van der Waals surface area contributed by atoms with E-state index in [1.807, 2.05) is 24.3 Å². The molecule has 1 aromatic carbocycles. The zero-order chi connectivity index (χ0) is 13.0. The highest BCUT2D eigenvalue weighted by Gasteiger charge is 2.14. The van der Waals surface area contributed by atoms with Crippen LogP contribution < -0.4 is 10.4 Å². The van der Waals surface area contributed by atoms with Gasteiger partial charge >= 0.3 is 0 Å². The van der Waals surface area contributed by atoms with Crippen LogP contribution in [0.3, 0.4) is 0 Å². The molecule has 78 valence electrons. The maximum absolute atomic E-state index is 9.03. The van der Waals surface area contributed by atoms with E-state index in [-0.39, 0.29) is 27.5 Å². The Morgan fingerprint density at radius 1 is 0.824 bits per heavy atom. The lowest BCUT2D eigenvalue weighted by atomic mass is 9.95. The van der Waals surface area contributed by atoms with Gasteiger partial charge in [-0.25, -0.2) is 0 Å². The first-order chi connectivity index (χ1) is 8.15. The van der Waals surface area contributed by atoms with E-state index in [0.29, 0.717) is 5.22 Å². The molecule has 0 bridgehead atoms. The molecule has 0 radical (unpaired) electrons. The van der Waals surface area contributed by atoms with Crippen molar-refractivity contribution in [3.8, 4) is 24.3 Å². The summed E-state index contributed by atoms with van der Waals surface area (Å²) in [6.07, 6.45) is 1.54. The number of hydrogen-bond donors (Lipinski definition) is 0. The molecule has 0 spiro atoms. The van der Waals surface area contributed by atoms with Gasteiger partial charge in [-0.3, -0.25) is 0 Å². The van der Waals surface area contributed by atoms with E-state index in [0.717, 1.165) is 0 Å². The third kappa shape index (κ3) is 1.61. The monoisotopic (exact) mass is 218 g/mol. The van der Waals surface area contributed by atoms with Crippen LogP contribution in [0.15, 0.2) is 0 Å². The minimum absolute atomic E-state index is 0.0520. The van der Waals surface area contributed by atoms with Crippen molar-refractivity contribution in [3.05, 3.63) is 32.7 Å². The summed E-state index contributed by atoms with van der Waals surface area (Å²) in [5.74, 6) is 0. The summed E-state index contributed by atoms with van der Waals surface area (Å²) < 4.78 is 0. The Labute approximate surface area is 98.2 Å². The van der Waals surface area contributed by atoms with Crippen LogP contribution >= 0.6 is 0 Å². The van der Waals surface area contributed by atoms with Gasteiger partial charge in [0.15, 0.2) is 0 Å². The lowest BCUT2D eigenvalue weighted by Crippen LogP contribution is -2.25. The molecule has 0 aliphatic heterocycles. The number of hydrogen-bond acceptors (Lipinski definition) is 4. The van der Waals surface area contributed by atoms with Gasteiger partial charge in [0.1, 0.15) is 24.3 Å². The minimum Gasteiger partial charge on any atom is -0.192 e. The van der Waals surface area contributed by atoms with Crippen molar-refractivity contribution < 1.29 is 0 Å². The molecule has 1 aromatic rings. The molecule has 0 fully saturated rings. The molecule has 17 heavy (non-hydrogen) atoms. The summed E-state index contributed by atoms with van der Waals surface area (Å²) >= 11 is 0. The highest BCUT2D eigenvalue weighted by Crippen LogP contribution is 2.03. The zero-order valence-electron chi connectivity index (χ0n) is 9.07. The third-order valence-electron chi connectivity index (χ3n) is 2.38. The summed E-state index contributed by atoms with van der Waals surface area (Å²) in [5.41, 5.74) is 0.290. The van der Waals surface area contributed by atoms with E-state index in [1.54, 1.807) is 6.92 Å². The predicted octanol–water partition coefficient (Wildman–Crippen LogP) is 0.384. The fraction of sp³-hybridized carbons (Fsp3) is 0.0769. The maximum Gasteiger partial charge on any atom is 0.101 e. The first-order valence-electron chi connectivity index (χ1n) is 4.61. The second kappa shape index (κ2) is 4.63. The molecular weight excluding hydrogens is 212 g/mol. The number of nitriles is 4. The minimum atomic E-state index is 0.0520. The van der Waals surface area contributed by atoms with E-state index in [9.17, 15) is 0 Å². The van der Waals surface area contributed by atoms with Gasteiger partial charge < -0.3 is 0 Å². The highest BCUT2D eigenvalue weighted by molar-refractivity contribution is 5.61. The standard InChI is InChI=1S/C13H6N4/c1-3-9-12(6-16)10(4-14)8(2)11(5-15)13(9)7-17/h3H,2H2,1H3. The summed E-state index contributed by atoms with van der Waals surface area (Å²) in [6, 6.07) is 7.46. The van der Waals surface area contributed by atoms with Gasteiger partial charge in [-0.15, -0.1) is 0 Å². The van der Waals surface area contributed by atoms with Crippen LogP contribution in [0.25, 0.3) is 12.7 Å². The molecule has 4 heteroatoms. The SMILES string of the molecule is C=c1c(C#N)c(C#N)c(=CC)c(C#N)c1C#N. The Hall–Kier alpha value is -3.08. The normalized spacial score (nSPS) is 8.29. The molecule has 0 atom stereocenters. The first kappa shape index (κ1) is 12.0.